The summed E-state index contributed by atoms with van der Waals surface area (Å²) >= 11 is 1.18. The van der Waals surface area contributed by atoms with Crippen molar-refractivity contribution >= 4 is 51.4 Å². The Bertz CT molecular complexity index is 2130. The highest BCUT2D eigenvalue weighted by Gasteiger charge is 2.29. The molecule has 5 rings (SSSR count). The largest absolute Gasteiger partial charge is 0.508 e. The lowest BCUT2D eigenvalue weighted by atomic mass is 10.0. The molecule has 3 N–H and O–H groups in total. The van der Waals surface area contributed by atoms with Crippen LogP contribution in [-0.4, -0.2) is 52.0 Å². The number of fused-ring (bicyclic) bond motifs is 1. The van der Waals surface area contributed by atoms with Crippen molar-refractivity contribution in [3.05, 3.63) is 92.1 Å². The lowest BCUT2D eigenvalue weighted by Crippen LogP contribution is -2.43. The number of rotatable bonds is 11. The normalized spacial score (nSPS) is 14.9. The number of alkyl halides is 3. The molecule has 0 spiro atoms. The second-order valence-corrected chi connectivity index (χ2v) is 14.2. The van der Waals surface area contributed by atoms with E-state index in [1.54, 1.807) is 31.3 Å². The summed E-state index contributed by atoms with van der Waals surface area (Å²) in [6.45, 7) is 14.1. The number of carbonyl (C=O) groups excluding carboxylic acids is 1. The maximum Gasteiger partial charge on any atom is 0.393 e. The molecule has 0 bridgehead atoms. The zero-order valence-electron chi connectivity index (χ0n) is 29.3. The van der Waals surface area contributed by atoms with Crippen molar-refractivity contribution in [1.82, 2.24) is 14.8 Å². The zero-order chi connectivity index (χ0) is 36.9. The second kappa shape index (κ2) is 16.0. The van der Waals surface area contributed by atoms with Crippen LogP contribution in [0.2, 0.25) is 0 Å². The van der Waals surface area contributed by atoms with E-state index in [4.69, 9.17) is 0 Å². The number of halogens is 3. The summed E-state index contributed by atoms with van der Waals surface area (Å²) in [7, 11) is 0. The Kier molecular flexibility index (Phi) is 11.7. The number of nitrogens with zero attached hydrogens (tertiary/aromatic N) is 4. The van der Waals surface area contributed by atoms with Crippen molar-refractivity contribution < 1.29 is 23.1 Å². The van der Waals surface area contributed by atoms with Gasteiger partial charge in [0.2, 0.25) is 5.91 Å². The molecular weight excluding hydrogens is 674 g/mol. The molecule has 1 aliphatic heterocycles. The van der Waals surface area contributed by atoms with Crippen LogP contribution in [-0.2, 0) is 30.7 Å². The van der Waals surface area contributed by atoms with Crippen molar-refractivity contribution in [2.75, 3.05) is 18.4 Å². The molecule has 268 valence electrons. The van der Waals surface area contributed by atoms with Crippen LogP contribution >= 0.6 is 11.3 Å². The van der Waals surface area contributed by atoms with E-state index < -0.39 is 12.6 Å². The van der Waals surface area contributed by atoms with E-state index in [-0.39, 0.29) is 22.6 Å². The number of aliphatic imine (C=N–C) groups is 1. The minimum Gasteiger partial charge on any atom is -0.508 e. The molecule has 0 saturated carbocycles. The van der Waals surface area contributed by atoms with Crippen molar-refractivity contribution in [3.8, 4) is 11.8 Å². The Morgan fingerprint density at radius 2 is 1.88 bits per heavy atom. The number of carbonyl (C=O) groups is 1. The van der Waals surface area contributed by atoms with Gasteiger partial charge in [0, 0.05) is 75.7 Å². The number of phenolic OH excluding ortho intramolecular Hbond substituents is 1. The maximum atomic E-state index is 13.2. The highest BCUT2D eigenvalue weighted by Crippen LogP contribution is 2.29. The fourth-order valence-electron chi connectivity index (χ4n) is 6.56. The predicted octanol–water partition coefficient (Wildman–Crippen LogP) is 6.66. The quantitative estimate of drug-likeness (QED) is 0.119. The summed E-state index contributed by atoms with van der Waals surface area (Å²) in [4.78, 5) is 18.9. The number of nitrogens with one attached hydrogen (secondary N) is 2. The van der Waals surface area contributed by atoms with Crippen LogP contribution in [0.15, 0.2) is 60.1 Å². The Morgan fingerprint density at radius 3 is 2.51 bits per heavy atom. The average molecular weight is 717 g/mol. The number of phenols is 1. The van der Waals surface area contributed by atoms with Gasteiger partial charge in [-0.05, 0) is 94.0 Å². The number of aromatic hydroxyl groups is 1. The number of hydrogen-bond donors (Lipinski definition) is 3. The van der Waals surface area contributed by atoms with Gasteiger partial charge in [-0.25, -0.2) is 4.99 Å². The summed E-state index contributed by atoms with van der Waals surface area (Å²) in [5, 5.41) is 28.5. The first-order valence-corrected chi connectivity index (χ1v) is 17.7. The van der Waals surface area contributed by atoms with Crippen LogP contribution in [0, 0.1) is 18.3 Å². The average Bonchev–Trinajstić information content (AvgIpc) is 3.67. The number of aromatic nitrogens is 1. The Balaban J connectivity index is 1.27. The van der Waals surface area contributed by atoms with Crippen molar-refractivity contribution in [3.63, 3.8) is 0 Å². The number of piperidine rings is 1. The highest BCUT2D eigenvalue weighted by molar-refractivity contribution is 7.09. The van der Waals surface area contributed by atoms with Gasteiger partial charge in [0.1, 0.15) is 23.3 Å². The summed E-state index contributed by atoms with van der Waals surface area (Å²) in [5.74, 6) is 0.318. The molecule has 0 radical (unpaired) electrons. The standard InChI is InChI=1S/C39H43F3N6O2S/c1-6-36(50)45-29-10-8-26(35(49)18-29)12-17-48-30(22-43)19-32-25(5)27(9-11-34(32)48)23-47-15-13-28(14-16-47)46-38(44-7-2)33-20-31(21-39(40,41)42)51-37(33)24(3)4/h6-11,18-20,28,46,49H,1,12-17,21,23H2,2-5H3,(H,45,50)/b38-33+,44-7-. The predicted molar refractivity (Wildman–Crippen MR) is 199 cm³/mol. The van der Waals surface area contributed by atoms with Gasteiger partial charge in [-0.2, -0.15) is 18.4 Å². The molecule has 2 aromatic heterocycles. The third-order valence-electron chi connectivity index (χ3n) is 9.17. The maximum absolute atomic E-state index is 13.2. The number of thiophene rings is 1. The van der Waals surface area contributed by atoms with Gasteiger partial charge in [0.25, 0.3) is 0 Å². The summed E-state index contributed by atoms with van der Waals surface area (Å²) in [6, 6.07) is 15.2. The third kappa shape index (κ3) is 9.09. The van der Waals surface area contributed by atoms with E-state index >= 15 is 0 Å². The number of amides is 1. The van der Waals surface area contributed by atoms with Crippen LogP contribution in [0.5, 0.6) is 5.75 Å². The lowest BCUT2D eigenvalue weighted by molar-refractivity contribution is -0.126. The molecule has 8 nitrogen and oxygen atoms in total. The molecule has 3 heterocycles. The van der Waals surface area contributed by atoms with Gasteiger partial charge in [-0.15, -0.1) is 11.3 Å². The van der Waals surface area contributed by atoms with E-state index in [0.717, 1.165) is 70.3 Å². The van der Waals surface area contributed by atoms with E-state index in [2.05, 4.69) is 52.2 Å². The summed E-state index contributed by atoms with van der Waals surface area (Å²) in [6.07, 6.45) is -0.179. The fraction of sp³-hybridized carbons (Fsp3) is 0.359. The molecule has 2 aromatic carbocycles. The van der Waals surface area contributed by atoms with Crippen LogP contribution in [0.1, 0.15) is 60.9 Å². The Morgan fingerprint density at radius 1 is 1.16 bits per heavy atom. The zero-order valence-corrected chi connectivity index (χ0v) is 30.1. The topological polar surface area (TPSA) is 106 Å². The van der Waals surface area contributed by atoms with Crippen molar-refractivity contribution in [2.45, 2.75) is 78.7 Å². The monoisotopic (exact) mass is 716 g/mol. The summed E-state index contributed by atoms with van der Waals surface area (Å²) < 4.78 is 42.4. The second-order valence-electron chi connectivity index (χ2n) is 13.0. The molecule has 51 heavy (non-hydrogen) atoms. The molecule has 12 heteroatoms. The van der Waals surface area contributed by atoms with E-state index in [1.807, 2.05) is 24.5 Å². The number of aryl methyl sites for hydroxylation is 3. The van der Waals surface area contributed by atoms with Crippen LogP contribution in [0.25, 0.3) is 22.3 Å². The molecule has 0 unspecified atom stereocenters. The highest BCUT2D eigenvalue weighted by atomic mass is 32.1. The number of hydrogen-bond acceptors (Lipinski definition) is 7. The van der Waals surface area contributed by atoms with Gasteiger partial charge < -0.3 is 20.3 Å². The van der Waals surface area contributed by atoms with E-state index in [1.165, 1.54) is 23.0 Å². The van der Waals surface area contributed by atoms with Gasteiger partial charge in [0.05, 0.1) is 6.42 Å². The lowest BCUT2D eigenvalue weighted by Gasteiger charge is -2.33. The van der Waals surface area contributed by atoms with E-state index in [9.17, 15) is 28.3 Å². The van der Waals surface area contributed by atoms with Gasteiger partial charge in [-0.3, -0.25) is 9.69 Å². The first kappa shape index (κ1) is 37.4. The van der Waals surface area contributed by atoms with Gasteiger partial charge in [-0.1, -0.05) is 24.3 Å². The number of nitriles is 1. The third-order valence-corrected chi connectivity index (χ3v) is 10.5. The minimum absolute atomic E-state index is 0.0670. The fourth-order valence-corrected chi connectivity index (χ4v) is 7.71. The summed E-state index contributed by atoms with van der Waals surface area (Å²) in [5.41, 5.74) is 5.93. The molecule has 0 atom stereocenters. The van der Waals surface area contributed by atoms with Crippen molar-refractivity contribution in [1.29, 1.82) is 5.26 Å². The minimum atomic E-state index is -4.27. The number of benzene rings is 2. The van der Waals surface area contributed by atoms with Gasteiger partial charge >= 0.3 is 6.18 Å². The van der Waals surface area contributed by atoms with Crippen LogP contribution in [0.3, 0.4) is 0 Å². The molecule has 0 aliphatic carbocycles. The SMILES string of the molecule is C=CC(=O)Nc1ccc(CCn2c(C#N)cc3c(C)c(CN4CCC(NC(/N=C\C)=c5\cc(CC(F)(F)F)sc5=C(C)C)CC4)ccc32)c(O)c1. The molecule has 1 aliphatic rings. The molecule has 1 fully saturated rings. The first-order valence-electron chi connectivity index (χ1n) is 16.9. The molecular formula is C39H43F3N6O2S. The number of likely N-dealkylation sites (tertiary alicyclic amines) is 1. The molecule has 1 amide bonds. The molecule has 1 saturated heterocycles. The molecule has 4 aromatic rings. The Hall–Kier alpha value is -4.86. The van der Waals surface area contributed by atoms with Gasteiger partial charge in [0.15, 0.2) is 0 Å². The number of anilines is 1. The first-order chi connectivity index (χ1) is 24.3. The smallest absolute Gasteiger partial charge is 0.393 e. The Labute approximate surface area is 299 Å². The van der Waals surface area contributed by atoms with Crippen molar-refractivity contribution in [2.24, 2.45) is 4.99 Å². The van der Waals surface area contributed by atoms with E-state index in [0.29, 0.717) is 35.7 Å². The van der Waals surface area contributed by atoms with Crippen LogP contribution < -0.4 is 20.4 Å². The van der Waals surface area contributed by atoms with Crippen LogP contribution in [0.4, 0.5) is 18.9 Å².